The molecule has 6 nitrogen and oxygen atoms in total. The number of hydrogen-bond acceptors (Lipinski definition) is 5. The Bertz CT molecular complexity index is 765. The fraction of sp³-hybridized carbons (Fsp3) is 0.500. The molecule has 0 amide bonds. The number of aromatic nitrogens is 2. The molecular formula is C22H32N4O2. The maximum atomic E-state index is 9.51. The van der Waals surface area contributed by atoms with Crippen LogP contribution in [0.25, 0.3) is 11.3 Å². The second-order valence-corrected chi connectivity index (χ2v) is 7.68. The van der Waals surface area contributed by atoms with Gasteiger partial charge in [0.05, 0.1) is 19.0 Å². The average Bonchev–Trinajstić information content (AvgIpc) is 3.15. The molecule has 0 bridgehead atoms. The molecule has 1 saturated heterocycles. The number of H-pyrrole nitrogens is 1. The number of piperazine rings is 1. The Kier molecular flexibility index (Phi) is 7.25. The van der Waals surface area contributed by atoms with E-state index in [0.717, 1.165) is 56.2 Å². The number of aliphatic hydroxyl groups excluding tert-OH is 1. The van der Waals surface area contributed by atoms with Crippen LogP contribution in [0, 0.1) is 0 Å². The number of rotatable bonds is 8. The molecule has 1 aromatic carbocycles. The molecule has 1 unspecified atom stereocenters. The summed E-state index contributed by atoms with van der Waals surface area (Å²) in [6.07, 6.45) is 5.01. The van der Waals surface area contributed by atoms with E-state index in [4.69, 9.17) is 4.74 Å². The Morgan fingerprint density at radius 1 is 1.29 bits per heavy atom. The van der Waals surface area contributed by atoms with Gasteiger partial charge in [-0.15, -0.1) is 0 Å². The van der Waals surface area contributed by atoms with E-state index in [1.165, 1.54) is 11.1 Å². The molecule has 2 N–H and O–H groups in total. The molecule has 28 heavy (non-hydrogen) atoms. The topological polar surface area (TPSA) is 64.6 Å². The van der Waals surface area contributed by atoms with Gasteiger partial charge in [0.1, 0.15) is 5.75 Å². The van der Waals surface area contributed by atoms with Gasteiger partial charge in [-0.3, -0.25) is 14.9 Å². The van der Waals surface area contributed by atoms with E-state index in [1.807, 2.05) is 18.3 Å². The third kappa shape index (κ3) is 5.22. The van der Waals surface area contributed by atoms with Gasteiger partial charge in [0.2, 0.25) is 0 Å². The number of methoxy groups -OCH3 is 1. The Labute approximate surface area is 167 Å². The van der Waals surface area contributed by atoms with Crippen molar-refractivity contribution in [3.63, 3.8) is 0 Å². The van der Waals surface area contributed by atoms with Crippen LogP contribution in [-0.2, 0) is 6.54 Å². The highest BCUT2D eigenvalue weighted by Crippen LogP contribution is 2.25. The predicted molar refractivity (Wildman–Crippen MR) is 112 cm³/mol. The summed E-state index contributed by atoms with van der Waals surface area (Å²) in [6, 6.07) is 8.44. The van der Waals surface area contributed by atoms with Crippen molar-refractivity contribution in [2.45, 2.75) is 32.9 Å². The zero-order valence-corrected chi connectivity index (χ0v) is 17.2. The van der Waals surface area contributed by atoms with E-state index >= 15 is 0 Å². The summed E-state index contributed by atoms with van der Waals surface area (Å²) in [5.74, 6) is 0.851. The second kappa shape index (κ2) is 9.87. The summed E-state index contributed by atoms with van der Waals surface area (Å²) in [7, 11) is 1.68. The van der Waals surface area contributed by atoms with E-state index in [1.54, 1.807) is 7.11 Å². The summed E-state index contributed by atoms with van der Waals surface area (Å²) in [5.41, 5.74) is 4.72. The number of allylic oxidation sites excluding steroid dienone is 1. The standard InChI is InChI=1S/C22H32N4O2/c1-17(2)8-10-26-12-11-25(16-20(26)9-13-27)15-19-14-23-24-22(19)18-4-6-21(28-3)7-5-18/h4-8,14,20,27H,9-13,15-16H2,1-3H3,(H,23,24). The van der Waals surface area contributed by atoms with E-state index in [9.17, 15) is 5.11 Å². The summed E-state index contributed by atoms with van der Waals surface area (Å²) < 4.78 is 5.25. The van der Waals surface area contributed by atoms with Gasteiger partial charge in [0.15, 0.2) is 0 Å². The minimum absolute atomic E-state index is 0.229. The number of nitrogens with zero attached hydrogens (tertiary/aromatic N) is 3. The van der Waals surface area contributed by atoms with Crippen molar-refractivity contribution < 1.29 is 9.84 Å². The van der Waals surface area contributed by atoms with Crippen LogP contribution in [0.1, 0.15) is 25.8 Å². The van der Waals surface area contributed by atoms with Crippen LogP contribution < -0.4 is 4.74 Å². The number of hydrogen-bond donors (Lipinski definition) is 2. The molecule has 1 fully saturated rings. The van der Waals surface area contributed by atoms with Gasteiger partial charge in [-0.05, 0) is 44.5 Å². The SMILES string of the molecule is COc1ccc(-c2[nH]ncc2CN2CCN(CC=C(C)C)C(CCO)C2)cc1. The highest BCUT2D eigenvalue weighted by Gasteiger charge is 2.26. The third-order valence-corrected chi connectivity index (χ3v) is 5.38. The fourth-order valence-electron chi connectivity index (χ4n) is 3.74. The molecule has 0 saturated carbocycles. The van der Waals surface area contributed by atoms with E-state index in [0.29, 0.717) is 6.04 Å². The van der Waals surface area contributed by atoms with E-state index in [2.05, 4.69) is 52.1 Å². The maximum Gasteiger partial charge on any atom is 0.118 e. The van der Waals surface area contributed by atoms with Crippen LogP contribution >= 0.6 is 0 Å². The van der Waals surface area contributed by atoms with Gasteiger partial charge < -0.3 is 9.84 Å². The molecule has 3 rings (SSSR count). The lowest BCUT2D eigenvalue weighted by Crippen LogP contribution is -2.53. The largest absolute Gasteiger partial charge is 0.497 e. The van der Waals surface area contributed by atoms with Crippen molar-refractivity contribution in [2.24, 2.45) is 0 Å². The lowest BCUT2D eigenvalue weighted by atomic mass is 10.1. The molecule has 152 valence electrons. The van der Waals surface area contributed by atoms with Crippen LogP contribution in [-0.4, -0.2) is 71.0 Å². The van der Waals surface area contributed by atoms with Crippen LogP contribution in [0.2, 0.25) is 0 Å². The Balaban J connectivity index is 1.67. The number of ether oxygens (including phenoxy) is 1. The van der Waals surface area contributed by atoms with Gasteiger partial charge in [0.25, 0.3) is 0 Å². The highest BCUT2D eigenvalue weighted by atomic mass is 16.5. The zero-order chi connectivity index (χ0) is 19.9. The molecule has 0 radical (unpaired) electrons. The van der Waals surface area contributed by atoms with E-state index < -0.39 is 0 Å². The number of benzene rings is 1. The monoisotopic (exact) mass is 384 g/mol. The molecule has 1 aliphatic heterocycles. The lowest BCUT2D eigenvalue weighted by Gasteiger charge is -2.41. The molecule has 0 aliphatic carbocycles. The fourth-order valence-corrected chi connectivity index (χ4v) is 3.74. The molecular weight excluding hydrogens is 352 g/mol. The second-order valence-electron chi connectivity index (χ2n) is 7.68. The smallest absolute Gasteiger partial charge is 0.118 e. The number of nitrogens with one attached hydrogen (secondary N) is 1. The zero-order valence-electron chi connectivity index (χ0n) is 17.2. The van der Waals surface area contributed by atoms with Gasteiger partial charge in [-0.2, -0.15) is 5.10 Å². The van der Waals surface area contributed by atoms with Crippen LogP contribution in [0.15, 0.2) is 42.1 Å². The summed E-state index contributed by atoms with van der Waals surface area (Å²) in [4.78, 5) is 4.96. The third-order valence-electron chi connectivity index (χ3n) is 5.38. The lowest BCUT2D eigenvalue weighted by molar-refractivity contribution is 0.0637. The molecule has 2 heterocycles. The van der Waals surface area contributed by atoms with Gasteiger partial charge in [0, 0.05) is 56.5 Å². The van der Waals surface area contributed by atoms with Crippen molar-refractivity contribution >= 4 is 0 Å². The van der Waals surface area contributed by atoms with Crippen LogP contribution in [0.4, 0.5) is 0 Å². The van der Waals surface area contributed by atoms with Gasteiger partial charge in [-0.1, -0.05) is 11.6 Å². The van der Waals surface area contributed by atoms with Crippen LogP contribution in [0.3, 0.4) is 0 Å². The van der Waals surface area contributed by atoms with E-state index in [-0.39, 0.29) is 6.61 Å². The summed E-state index contributed by atoms with van der Waals surface area (Å²) in [5, 5.41) is 16.9. The normalized spacial score (nSPS) is 18.2. The first-order chi connectivity index (χ1) is 13.6. The number of aromatic amines is 1. The van der Waals surface area contributed by atoms with Crippen molar-refractivity contribution in [1.82, 2.24) is 20.0 Å². The first-order valence-corrected chi connectivity index (χ1v) is 9.98. The minimum Gasteiger partial charge on any atom is -0.497 e. The highest BCUT2D eigenvalue weighted by molar-refractivity contribution is 5.63. The molecule has 1 atom stereocenters. The summed E-state index contributed by atoms with van der Waals surface area (Å²) in [6.45, 7) is 9.32. The van der Waals surface area contributed by atoms with Crippen molar-refractivity contribution in [2.75, 3.05) is 39.9 Å². The Morgan fingerprint density at radius 3 is 2.75 bits per heavy atom. The van der Waals surface area contributed by atoms with Crippen molar-refractivity contribution in [3.8, 4) is 17.0 Å². The summed E-state index contributed by atoms with van der Waals surface area (Å²) >= 11 is 0. The number of aliphatic hydroxyl groups is 1. The molecule has 1 aliphatic rings. The van der Waals surface area contributed by atoms with Crippen molar-refractivity contribution in [1.29, 1.82) is 0 Å². The first kappa shape index (κ1) is 20.6. The van der Waals surface area contributed by atoms with Gasteiger partial charge in [-0.25, -0.2) is 0 Å². The Morgan fingerprint density at radius 2 is 2.07 bits per heavy atom. The molecule has 1 aromatic heterocycles. The predicted octanol–water partition coefficient (Wildman–Crippen LogP) is 2.92. The molecule has 2 aromatic rings. The maximum absolute atomic E-state index is 9.51. The van der Waals surface area contributed by atoms with Crippen molar-refractivity contribution in [3.05, 3.63) is 47.7 Å². The van der Waals surface area contributed by atoms with Crippen LogP contribution in [0.5, 0.6) is 5.75 Å². The van der Waals surface area contributed by atoms with Gasteiger partial charge >= 0.3 is 0 Å². The quantitative estimate of drug-likeness (QED) is 0.685. The first-order valence-electron chi connectivity index (χ1n) is 9.98. The Hall–Kier alpha value is -2.15. The molecule has 0 spiro atoms. The molecule has 6 heteroatoms. The average molecular weight is 385 g/mol. The minimum atomic E-state index is 0.229.